The van der Waals surface area contributed by atoms with Gasteiger partial charge < -0.3 is 9.32 Å². The van der Waals surface area contributed by atoms with Gasteiger partial charge in [0.1, 0.15) is 23.2 Å². The fourth-order valence-electron chi connectivity index (χ4n) is 2.92. The Hall–Kier alpha value is -2.11. The first-order valence-electron chi connectivity index (χ1n) is 7.14. The van der Waals surface area contributed by atoms with Crippen LogP contribution in [0.5, 0.6) is 0 Å². The van der Waals surface area contributed by atoms with E-state index in [1.165, 1.54) is 0 Å². The molecule has 0 aliphatic carbocycles. The molecule has 1 saturated heterocycles. The number of hydrogen-bond donors (Lipinski definition) is 0. The molecule has 0 spiro atoms. The Morgan fingerprint density at radius 1 is 1.14 bits per heavy atom. The maximum absolute atomic E-state index is 12.6. The minimum absolute atomic E-state index is 0.0487. The number of likely N-dealkylation sites (tertiary alicyclic amines) is 1. The van der Waals surface area contributed by atoms with Crippen LogP contribution in [0.4, 0.5) is 0 Å². The lowest BCUT2D eigenvalue weighted by Gasteiger charge is -2.39. The minimum atomic E-state index is 0.0487. The SMILES string of the molecule is Cc1nc(C)n(C2CN(C(=O)c3c(C)oc(C)c3C)C2)n1. The number of carbonyl (C=O) groups is 1. The van der Waals surface area contributed by atoms with Crippen molar-refractivity contribution in [1.82, 2.24) is 19.7 Å². The Morgan fingerprint density at radius 3 is 2.29 bits per heavy atom. The van der Waals surface area contributed by atoms with E-state index in [0.29, 0.717) is 24.4 Å². The summed E-state index contributed by atoms with van der Waals surface area (Å²) in [6.07, 6.45) is 0. The van der Waals surface area contributed by atoms with Gasteiger partial charge in [-0.15, -0.1) is 0 Å². The molecule has 0 aromatic carbocycles. The number of aromatic nitrogens is 3. The zero-order chi connectivity index (χ0) is 15.3. The van der Waals surface area contributed by atoms with Crippen LogP contribution in [0.3, 0.4) is 0 Å². The highest BCUT2D eigenvalue weighted by Crippen LogP contribution is 2.28. The van der Waals surface area contributed by atoms with Crippen molar-refractivity contribution in [1.29, 1.82) is 0 Å². The van der Waals surface area contributed by atoms with Crippen molar-refractivity contribution in [2.45, 2.75) is 40.7 Å². The summed E-state index contributed by atoms with van der Waals surface area (Å²) in [6.45, 7) is 10.8. The highest BCUT2D eigenvalue weighted by atomic mass is 16.3. The van der Waals surface area contributed by atoms with Crippen LogP contribution in [0.2, 0.25) is 0 Å². The van der Waals surface area contributed by atoms with Crippen LogP contribution >= 0.6 is 0 Å². The molecule has 0 radical (unpaired) electrons. The third-order valence-electron chi connectivity index (χ3n) is 4.18. The Morgan fingerprint density at radius 2 is 1.81 bits per heavy atom. The van der Waals surface area contributed by atoms with Crippen LogP contribution in [0, 0.1) is 34.6 Å². The fraction of sp³-hybridized carbons (Fsp3) is 0.533. The molecule has 2 aromatic rings. The Labute approximate surface area is 123 Å². The second kappa shape index (κ2) is 4.72. The summed E-state index contributed by atoms with van der Waals surface area (Å²) in [5.41, 5.74) is 1.64. The van der Waals surface area contributed by atoms with Gasteiger partial charge in [0.15, 0.2) is 0 Å². The summed E-state index contributed by atoms with van der Waals surface area (Å²) < 4.78 is 7.46. The molecule has 6 heteroatoms. The minimum Gasteiger partial charge on any atom is -0.466 e. The largest absolute Gasteiger partial charge is 0.466 e. The van der Waals surface area contributed by atoms with E-state index < -0.39 is 0 Å². The first kappa shape index (κ1) is 13.9. The molecule has 1 aliphatic heterocycles. The average molecular weight is 288 g/mol. The number of carbonyl (C=O) groups excluding carboxylic acids is 1. The highest BCUT2D eigenvalue weighted by Gasteiger charge is 2.36. The zero-order valence-corrected chi connectivity index (χ0v) is 13.1. The van der Waals surface area contributed by atoms with E-state index in [4.69, 9.17) is 4.42 Å². The molecular weight excluding hydrogens is 268 g/mol. The lowest BCUT2D eigenvalue weighted by Crippen LogP contribution is -2.51. The van der Waals surface area contributed by atoms with Crippen LogP contribution in [0.15, 0.2) is 4.42 Å². The molecule has 0 unspecified atom stereocenters. The molecule has 0 saturated carbocycles. The number of rotatable bonds is 2. The molecule has 21 heavy (non-hydrogen) atoms. The Bertz CT molecular complexity index is 708. The van der Waals surface area contributed by atoms with E-state index >= 15 is 0 Å². The predicted molar refractivity (Wildman–Crippen MR) is 77.4 cm³/mol. The van der Waals surface area contributed by atoms with Crippen LogP contribution in [-0.2, 0) is 0 Å². The second-order valence-corrected chi connectivity index (χ2v) is 5.73. The van der Waals surface area contributed by atoms with E-state index in [9.17, 15) is 4.79 Å². The summed E-state index contributed by atoms with van der Waals surface area (Å²) in [4.78, 5) is 18.7. The number of furan rings is 1. The number of aryl methyl sites for hydroxylation is 4. The van der Waals surface area contributed by atoms with Gasteiger partial charge in [-0.1, -0.05) is 0 Å². The number of nitrogens with zero attached hydrogens (tertiary/aromatic N) is 4. The molecular formula is C15H20N4O2. The summed E-state index contributed by atoms with van der Waals surface area (Å²) in [5.74, 6) is 3.24. The van der Waals surface area contributed by atoms with Crippen LogP contribution in [0.1, 0.15) is 45.1 Å². The van der Waals surface area contributed by atoms with Gasteiger partial charge >= 0.3 is 0 Å². The molecule has 3 heterocycles. The van der Waals surface area contributed by atoms with Gasteiger partial charge in [-0.25, -0.2) is 9.67 Å². The maximum atomic E-state index is 12.6. The van der Waals surface area contributed by atoms with Gasteiger partial charge in [-0.3, -0.25) is 4.79 Å². The smallest absolute Gasteiger partial charge is 0.257 e. The van der Waals surface area contributed by atoms with Gasteiger partial charge in [-0.2, -0.15) is 5.10 Å². The quantitative estimate of drug-likeness (QED) is 0.849. The highest BCUT2D eigenvalue weighted by molar-refractivity contribution is 5.97. The van der Waals surface area contributed by atoms with Crippen molar-refractivity contribution in [3.05, 3.63) is 34.3 Å². The van der Waals surface area contributed by atoms with E-state index in [-0.39, 0.29) is 11.9 Å². The molecule has 1 aliphatic rings. The van der Waals surface area contributed by atoms with Crippen molar-refractivity contribution < 1.29 is 9.21 Å². The summed E-state index contributed by atoms with van der Waals surface area (Å²) in [7, 11) is 0. The number of amides is 1. The molecule has 0 N–H and O–H groups in total. The zero-order valence-electron chi connectivity index (χ0n) is 13.1. The molecule has 3 rings (SSSR count). The van der Waals surface area contributed by atoms with E-state index in [0.717, 1.165) is 23.0 Å². The van der Waals surface area contributed by atoms with Crippen molar-refractivity contribution in [3.8, 4) is 0 Å². The van der Waals surface area contributed by atoms with E-state index in [1.807, 2.05) is 44.2 Å². The van der Waals surface area contributed by atoms with Gasteiger partial charge in [-0.05, 0) is 34.6 Å². The lowest BCUT2D eigenvalue weighted by molar-refractivity contribution is 0.0494. The predicted octanol–water partition coefficient (Wildman–Crippen LogP) is 2.11. The van der Waals surface area contributed by atoms with Gasteiger partial charge in [0.05, 0.1) is 11.6 Å². The van der Waals surface area contributed by atoms with Gasteiger partial charge in [0.25, 0.3) is 5.91 Å². The van der Waals surface area contributed by atoms with Crippen molar-refractivity contribution in [2.75, 3.05) is 13.1 Å². The van der Waals surface area contributed by atoms with Crippen molar-refractivity contribution in [3.63, 3.8) is 0 Å². The van der Waals surface area contributed by atoms with Crippen molar-refractivity contribution in [2.24, 2.45) is 0 Å². The molecule has 6 nitrogen and oxygen atoms in total. The third kappa shape index (κ3) is 2.14. The van der Waals surface area contributed by atoms with Crippen LogP contribution in [-0.4, -0.2) is 38.7 Å². The van der Waals surface area contributed by atoms with Crippen LogP contribution in [0.25, 0.3) is 0 Å². The van der Waals surface area contributed by atoms with Crippen LogP contribution < -0.4 is 0 Å². The fourth-order valence-corrected chi connectivity index (χ4v) is 2.92. The number of hydrogen-bond acceptors (Lipinski definition) is 4. The average Bonchev–Trinajstić information content (AvgIpc) is 2.78. The molecule has 1 fully saturated rings. The standard InChI is InChI=1S/C15H20N4O2/c1-8-9(2)21-10(3)14(8)15(20)18-6-13(7-18)19-12(5)16-11(4)17-19/h13H,6-7H2,1-5H3. The Balaban J connectivity index is 1.74. The molecule has 1 amide bonds. The maximum Gasteiger partial charge on any atom is 0.257 e. The van der Waals surface area contributed by atoms with E-state index in [1.54, 1.807) is 0 Å². The molecule has 112 valence electrons. The van der Waals surface area contributed by atoms with Gasteiger partial charge in [0.2, 0.25) is 0 Å². The first-order chi connectivity index (χ1) is 9.88. The van der Waals surface area contributed by atoms with E-state index in [2.05, 4.69) is 10.1 Å². The molecule has 2 aromatic heterocycles. The van der Waals surface area contributed by atoms with Gasteiger partial charge in [0, 0.05) is 18.7 Å². The monoisotopic (exact) mass is 288 g/mol. The Kier molecular flexibility index (Phi) is 3.11. The molecule has 0 bridgehead atoms. The topological polar surface area (TPSA) is 64.2 Å². The van der Waals surface area contributed by atoms with Crippen molar-refractivity contribution >= 4 is 5.91 Å². The second-order valence-electron chi connectivity index (χ2n) is 5.73. The normalized spacial score (nSPS) is 15.4. The lowest BCUT2D eigenvalue weighted by atomic mass is 10.0. The molecule has 0 atom stereocenters. The summed E-state index contributed by atoms with van der Waals surface area (Å²) in [5, 5.41) is 4.39. The summed E-state index contributed by atoms with van der Waals surface area (Å²) >= 11 is 0. The third-order valence-corrected chi connectivity index (χ3v) is 4.18. The first-order valence-corrected chi connectivity index (χ1v) is 7.14. The summed E-state index contributed by atoms with van der Waals surface area (Å²) in [6, 6.07) is 0.226.